The number of aromatic nitrogens is 1. The van der Waals surface area contributed by atoms with Crippen molar-refractivity contribution in [1.82, 2.24) is 0 Å². The lowest BCUT2D eigenvalue weighted by Crippen LogP contribution is -2.44. The molecule has 2 rings (SSSR count). The van der Waals surface area contributed by atoms with Crippen LogP contribution >= 0.6 is 0 Å². The summed E-state index contributed by atoms with van der Waals surface area (Å²) in [6.07, 6.45) is 4.62. The zero-order chi connectivity index (χ0) is 6.97. The topological polar surface area (TPSA) is 26.2 Å². The number of hydrogen-bond donors (Lipinski definition) is 0. The molecule has 1 aliphatic rings. The molecule has 1 aromatic heterocycles. The summed E-state index contributed by atoms with van der Waals surface area (Å²) in [5.74, 6) is 1.01. The molecule has 0 radical (unpaired) electrons. The Hall–Kier alpha value is -0.830. The van der Waals surface area contributed by atoms with E-state index in [2.05, 4.69) is 0 Å². The second kappa shape index (κ2) is 2.09. The highest BCUT2D eigenvalue weighted by atomic mass is 16.5. The first-order chi connectivity index (χ1) is 4.88. The third-order valence-electron chi connectivity index (χ3n) is 1.78. The van der Waals surface area contributed by atoms with Crippen LogP contribution in [0.5, 0.6) is 0 Å². The summed E-state index contributed by atoms with van der Waals surface area (Å²) in [5.41, 5.74) is 0. The lowest BCUT2D eigenvalue weighted by atomic mass is 10.4. The fraction of sp³-hybridized carbons (Fsp3) is 0.571. The SMILES string of the molecule is CC1OCCc2occ[n+]21. The maximum atomic E-state index is 5.37. The molecule has 1 unspecified atom stereocenters. The van der Waals surface area contributed by atoms with E-state index in [0.717, 1.165) is 18.9 Å². The minimum absolute atomic E-state index is 0.141. The Labute approximate surface area is 59.2 Å². The van der Waals surface area contributed by atoms with E-state index in [-0.39, 0.29) is 6.23 Å². The lowest BCUT2D eigenvalue weighted by molar-refractivity contribution is -0.775. The van der Waals surface area contributed by atoms with Crippen LogP contribution in [0.4, 0.5) is 0 Å². The van der Waals surface area contributed by atoms with Crippen LogP contribution in [0.2, 0.25) is 0 Å². The zero-order valence-corrected chi connectivity index (χ0v) is 5.91. The Morgan fingerprint density at radius 2 is 2.60 bits per heavy atom. The first-order valence-corrected chi connectivity index (χ1v) is 3.47. The Bertz CT molecular complexity index is 231. The molecular weight excluding hydrogens is 130 g/mol. The van der Waals surface area contributed by atoms with Gasteiger partial charge in [0.05, 0.1) is 13.0 Å². The summed E-state index contributed by atoms with van der Waals surface area (Å²) in [4.78, 5) is 0. The average Bonchev–Trinajstić information content (AvgIpc) is 2.36. The van der Waals surface area contributed by atoms with Gasteiger partial charge in [-0.25, -0.2) is 0 Å². The summed E-state index contributed by atoms with van der Waals surface area (Å²) < 4.78 is 12.6. The van der Waals surface area contributed by atoms with E-state index in [4.69, 9.17) is 9.15 Å². The molecule has 1 aromatic rings. The van der Waals surface area contributed by atoms with Crippen molar-refractivity contribution in [2.24, 2.45) is 0 Å². The van der Waals surface area contributed by atoms with Gasteiger partial charge in [0, 0.05) is 6.92 Å². The van der Waals surface area contributed by atoms with Crippen molar-refractivity contribution < 1.29 is 13.7 Å². The molecule has 0 fully saturated rings. The number of hydrogen-bond acceptors (Lipinski definition) is 2. The van der Waals surface area contributed by atoms with Crippen molar-refractivity contribution >= 4 is 0 Å². The molecule has 0 spiro atoms. The van der Waals surface area contributed by atoms with E-state index in [9.17, 15) is 0 Å². The molecule has 1 atom stereocenters. The Balaban J connectivity index is 2.41. The molecular formula is C7H10NO2+. The van der Waals surface area contributed by atoms with Gasteiger partial charge >= 0.3 is 5.89 Å². The highest BCUT2D eigenvalue weighted by Crippen LogP contribution is 2.08. The summed E-state index contributed by atoms with van der Waals surface area (Å²) >= 11 is 0. The van der Waals surface area contributed by atoms with Gasteiger partial charge in [0.2, 0.25) is 6.20 Å². The molecule has 0 saturated carbocycles. The second-order valence-corrected chi connectivity index (χ2v) is 2.42. The van der Waals surface area contributed by atoms with E-state index in [0.29, 0.717) is 0 Å². The van der Waals surface area contributed by atoms with E-state index >= 15 is 0 Å². The van der Waals surface area contributed by atoms with Gasteiger partial charge in [0.15, 0.2) is 6.26 Å². The van der Waals surface area contributed by atoms with E-state index in [1.807, 2.05) is 17.7 Å². The molecule has 10 heavy (non-hydrogen) atoms. The number of ether oxygens (including phenoxy) is 1. The monoisotopic (exact) mass is 140 g/mol. The minimum Gasteiger partial charge on any atom is -0.410 e. The van der Waals surface area contributed by atoms with Crippen LogP contribution in [0.15, 0.2) is 16.9 Å². The molecule has 54 valence electrons. The van der Waals surface area contributed by atoms with Crippen LogP contribution < -0.4 is 4.57 Å². The standard InChI is InChI=1S/C7H10NO2/c1-6-8-3-5-10-7(8)2-4-9-6/h3,5-6H,2,4H2,1H3/q+1. The molecule has 2 heterocycles. The number of fused-ring (bicyclic) bond motifs is 1. The lowest BCUT2D eigenvalue weighted by Gasteiger charge is -2.11. The van der Waals surface area contributed by atoms with Crippen LogP contribution in [-0.2, 0) is 11.2 Å². The van der Waals surface area contributed by atoms with Crippen molar-refractivity contribution in [3.8, 4) is 0 Å². The molecule has 0 aromatic carbocycles. The van der Waals surface area contributed by atoms with Crippen LogP contribution in [0, 0.1) is 0 Å². The summed E-state index contributed by atoms with van der Waals surface area (Å²) in [6, 6.07) is 0. The van der Waals surface area contributed by atoms with Crippen LogP contribution in [0.25, 0.3) is 0 Å². The second-order valence-electron chi connectivity index (χ2n) is 2.42. The number of rotatable bonds is 0. The fourth-order valence-electron chi connectivity index (χ4n) is 1.23. The highest BCUT2D eigenvalue weighted by molar-refractivity contribution is 4.71. The van der Waals surface area contributed by atoms with E-state index in [1.165, 1.54) is 0 Å². The Morgan fingerprint density at radius 3 is 3.40 bits per heavy atom. The third kappa shape index (κ3) is 0.743. The summed E-state index contributed by atoms with van der Waals surface area (Å²) in [5, 5.41) is 0. The van der Waals surface area contributed by atoms with Crippen LogP contribution in [0.1, 0.15) is 19.0 Å². The Kier molecular flexibility index (Phi) is 1.24. The average molecular weight is 140 g/mol. The van der Waals surface area contributed by atoms with E-state index < -0.39 is 0 Å². The minimum atomic E-state index is 0.141. The normalized spacial score (nSPS) is 24.3. The van der Waals surface area contributed by atoms with Crippen molar-refractivity contribution in [2.75, 3.05) is 6.61 Å². The predicted molar refractivity (Wildman–Crippen MR) is 33.3 cm³/mol. The van der Waals surface area contributed by atoms with E-state index in [1.54, 1.807) is 6.26 Å². The van der Waals surface area contributed by atoms with Gasteiger partial charge in [-0.2, -0.15) is 0 Å². The first-order valence-electron chi connectivity index (χ1n) is 3.47. The smallest absolute Gasteiger partial charge is 0.351 e. The molecule has 0 aliphatic carbocycles. The Morgan fingerprint density at radius 1 is 1.70 bits per heavy atom. The molecule has 0 N–H and O–H groups in total. The number of oxazole rings is 1. The summed E-state index contributed by atoms with van der Waals surface area (Å²) in [6.45, 7) is 2.78. The van der Waals surface area contributed by atoms with Gasteiger partial charge in [-0.05, 0) is 0 Å². The van der Waals surface area contributed by atoms with Crippen molar-refractivity contribution in [3.05, 3.63) is 18.4 Å². The van der Waals surface area contributed by atoms with Gasteiger partial charge in [-0.1, -0.05) is 0 Å². The van der Waals surface area contributed by atoms with Gasteiger partial charge < -0.3 is 9.15 Å². The van der Waals surface area contributed by atoms with Gasteiger partial charge in [0.25, 0.3) is 6.23 Å². The summed E-state index contributed by atoms with van der Waals surface area (Å²) in [7, 11) is 0. The zero-order valence-electron chi connectivity index (χ0n) is 5.91. The molecule has 3 heteroatoms. The maximum Gasteiger partial charge on any atom is 0.351 e. The van der Waals surface area contributed by atoms with Crippen LogP contribution in [-0.4, -0.2) is 6.61 Å². The molecule has 1 aliphatic heterocycles. The predicted octanol–water partition coefficient (Wildman–Crippen LogP) is 0.658. The van der Waals surface area contributed by atoms with Gasteiger partial charge in [-0.3, -0.25) is 0 Å². The first kappa shape index (κ1) is 5.92. The maximum absolute atomic E-state index is 5.37. The molecule has 0 amide bonds. The quantitative estimate of drug-likeness (QED) is 0.495. The van der Waals surface area contributed by atoms with Gasteiger partial charge in [-0.15, -0.1) is 4.57 Å². The van der Waals surface area contributed by atoms with Crippen molar-refractivity contribution in [1.29, 1.82) is 0 Å². The van der Waals surface area contributed by atoms with Crippen molar-refractivity contribution in [3.63, 3.8) is 0 Å². The largest absolute Gasteiger partial charge is 0.410 e. The fourth-order valence-corrected chi connectivity index (χ4v) is 1.23. The third-order valence-corrected chi connectivity index (χ3v) is 1.78. The van der Waals surface area contributed by atoms with Crippen molar-refractivity contribution in [2.45, 2.75) is 19.6 Å². The number of nitrogens with zero attached hydrogens (tertiary/aromatic N) is 1. The van der Waals surface area contributed by atoms with Crippen LogP contribution in [0.3, 0.4) is 0 Å². The van der Waals surface area contributed by atoms with Gasteiger partial charge in [0.1, 0.15) is 0 Å². The highest BCUT2D eigenvalue weighted by Gasteiger charge is 2.26. The molecule has 3 nitrogen and oxygen atoms in total. The molecule has 0 saturated heterocycles. The molecule has 0 bridgehead atoms.